The molecule has 0 spiro atoms. The number of hydrogen-bond acceptors (Lipinski definition) is 4. The van der Waals surface area contributed by atoms with E-state index < -0.39 is 0 Å². The van der Waals surface area contributed by atoms with E-state index in [1.165, 1.54) is 0 Å². The number of fused-ring (bicyclic) bond motifs is 1. The van der Waals surface area contributed by atoms with Crippen LogP contribution in [0.4, 0.5) is 0 Å². The average Bonchev–Trinajstić information content (AvgIpc) is 3.06. The Morgan fingerprint density at radius 3 is 2.82 bits per heavy atom. The molecular weight excluding hydrogens is 300 g/mol. The fourth-order valence-electron chi connectivity index (χ4n) is 2.39. The Morgan fingerprint density at radius 1 is 1.27 bits per heavy atom. The van der Waals surface area contributed by atoms with Gasteiger partial charge in [-0.15, -0.1) is 0 Å². The van der Waals surface area contributed by atoms with Gasteiger partial charge in [-0.25, -0.2) is 9.97 Å². The Balaban J connectivity index is 2.17. The maximum Gasteiger partial charge on any atom is 0.138 e. The SMILES string of the molecule is N#CCCc1cc2c(CO)cc(-n3ccnc3)nc2cc1Cl. The molecule has 0 saturated heterocycles. The fourth-order valence-corrected chi connectivity index (χ4v) is 2.64. The van der Waals surface area contributed by atoms with Crippen molar-refractivity contribution in [3.63, 3.8) is 0 Å². The number of aromatic nitrogens is 3. The summed E-state index contributed by atoms with van der Waals surface area (Å²) in [6.07, 6.45) is 6.10. The quantitative estimate of drug-likeness (QED) is 0.803. The minimum absolute atomic E-state index is 0.0972. The third kappa shape index (κ3) is 2.67. The lowest BCUT2D eigenvalue weighted by molar-refractivity contribution is 0.283. The van der Waals surface area contributed by atoms with E-state index in [1.54, 1.807) is 29.4 Å². The number of nitrogens with zero attached hydrogens (tertiary/aromatic N) is 4. The molecule has 0 fully saturated rings. The second-order valence-corrected chi connectivity index (χ2v) is 5.29. The normalized spacial score (nSPS) is 10.8. The van der Waals surface area contributed by atoms with Crippen molar-refractivity contribution in [2.24, 2.45) is 0 Å². The molecule has 3 aromatic rings. The predicted octanol–water partition coefficient (Wildman–Crippen LogP) is 3.02. The zero-order valence-electron chi connectivity index (χ0n) is 11.7. The highest BCUT2D eigenvalue weighted by molar-refractivity contribution is 6.32. The molecule has 0 aliphatic carbocycles. The van der Waals surface area contributed by atoms with E-state index in [4.69, 9.17) is 16.9 Å². The van der Waals surface area contributed by atoms with Crippen LogP contribution in [0.2, 0.25) is 5.02 Å². The highest BCUT2D eigenvalue weighted by atomic mass is 35.5. The third-order valence-electron chi connectivity index (χ3n) is 3.49. The van der Waals surface area contributed by atoms with Crippen molar-refractivity contribution >= 4 is 22.5 Å². The molecule has 0 aliphatic rings. The summed E-state index contributed by atoms with van der Waals surface area (Å²) in [7, 11) is 0. The molecule has 2 heterocycles. The van der Waals surface area contributed by atoms with E-state index in [-0.39, 0.29) is 6.61 Å². The molecule has 0 atom stereocenters. The third-order valence-corrected chi connectivity index (χ3v) is 3.85. The number of rotatable bonds is 4. The van der Waals surface area contributed by atoms with Crippen LogP contribution in [0.15, 0.2) is 36.9 Å². The second kappa shape index (κ2) is 6.14. The van der Waals surface area contributed by atoms with Gasteiger partial charge in [0.2, 0.25) is 0 Å². The fraction of sp³-hybridized carbons (Fsp3) is 0.188. The molecule has 6 heteroatoms. The van der Waals surface area contributed by atoms with E-state index in [0.29, 0.717) is 29.2 Å². The number of imidazole rings is 1. The molecule has 1 aromatic carbocycles. The zero-order chi connectivity index (χ0) is 15.5. The Kier molecular flexibility index (Phi) is 4.05. The molecule has 0 radical (unpaired) electrons. The van der Waals surface area contributed by atoms with Crippen molar-refractivity contribution < 1.29 is 5.11 Å². The molecule has 2 aromatic heterocycles. The second-order valence-electron chi connectivity index (χ2n) is 4.89. The zero-order valence-corrected chi connectivity index (χ0v) is 12.5. The molecule has 1 N–H and O–H groups in total. The average molecular weight is 313 g/mol. The topological polar surface area (TPSA) is 74.7 Å². The van der Waals surface area contributed by atoms with Gasteiger partial charge in [0.1, 0.15) is 12.1 Å². The summed E-state index contributed by atoms with van der Waals surface area (Å²) in [6, 6.07) is 7.63. The smallest absolute Gasteiger partial charge is 0.138 e. The molecule has 110 valence electrons. The lowest BCUT2D eigenvalue weighted by Gasteiger charge is -2.11. The molecule has 0 amide bonds. The maximum absolute atomic E-state index is 9.66. The van der Waals surface area contributed by atoms with Gasteiger partial charge in [-0.1, -0.05) is 11.6 Å². The van der Waals surface area contributed by atoms with Crippen LogP contribution >= 0.6 is 11.6 Å². The van der Waals surface area contributed by atoms with Gasteiger partial charge >= 0.3 is 0 Å². The standard InChI is InChI=1S/C16H13ClN4O/c17-14-8-15-13(6-11(14)2-1-3-18)12(9-22)7-16(20-15)21-5-4-19-10-21/h4-8,10,22H,1-2,9H2. The first-order chi connectivity index (χ1) is 10.7. The molecule has 22 heavy (non-hydrogen) atoms. The lowest BCUT2D eigenvalue weighted by Crippen LogP contribution is -1.99. The molecule has 5 nitrogen and oxygen atoms in total. The highest BCUT2D eigenvalue weighted by Crippen LogP contribution is 2.28. The molecule has 0 aliphatic heterocycles. The maximum atomic E-state index is 9.66. The van der Waals surface area contributed by atoms with Gasteiger partial charge in [0.05, 0.1) is 18.2 Å². The van der Waals surface area contributed by atoms with Gasteiger partial charge in [-0.2, -0.15) is 5.26 Å². The summed E-state index contributed by atoms with van der Waals surface area (Å²) in [4.78, 5) is 8.57. The van der Waals surface area contributed by atoms with Crippen LogP contribution in [-0.2, 0) is 13.0 Å². The van der Waals surface area contributed by atoms with E-state index in [2.05, 4.69) is 16.0 Å². The van der Waals surface area contributed by atoms with E-state index in [9.17, 15) is 5.11 Å². The first-order valence-corrected chi connectivity index (χ1v) is 7.19. The largest absolute Gasteiger partial charge is 0.392 e. The monoisotopic (exact) mass is 312 g/mol. The van der Waals surface area contributed by atoms with Crippen molar-refractivity contribution in [3.8, 4) is 11.9 Å². The van der Waals surface area contributed by atoms with Crippen molar-refractivity contribution in [2.75, 3.05) is 0 Å². The molecular formula is C16H13ClN4O. The summed E-state index contributed by atoms with van der Waals surface area (Å²) < 4.78 is 1.77. The van der Waals surface area contributed by atoms with Crippen LogP contribution in [0.25, 0.3) is 16.7 Å². The number of hydrogen-bond donors (Lipinski definition) is 1. The molecule has 0 saturated carbocycles. The van der Waals surface area contributed by atoms with E-state index in [0.717, 1.165) is 16.5 Å². The summed E-state index contributed by atoms with van der Waals surface area (Å²) >= 11 is 6.28. The minimum Gasteiger partial charge on any atom is -0.392 e. The van der Waals surface area contributed by atoms with Gasteiger partial charge in [0, 0.05) is 29.2 Å². The lowest BCUT2D eigenvalue weighted by atomic mass is 10.0. The Labute approximate surface area is 132 Å². The first kappa shape index (κ1) is 14.5. The summed E-state index contributed by atoms with van der Waals surface area (Å²) in [6.45, 7) is -0.0972. The van der Waals surface area contributed by atoms with Crippen LogP contribution in [-0.4, -0.2) is 19.6 Å². The van der Waals surface area contributed by atoms with Crippen LogP contribution in [0.5, 0.6) is 0 Å². The van der Waals surface area contributed by atoms with Crippen LogP contribution < -0.4 is 0 Å². The van der Waals surface area contributed by atoms with Crippen LogP contribution in [0.3, 0.4) is 0 Å². The van der Waals surface area contributed by atoms with Gasteiger partial charge in [-0.05, 0) is 35.7 Å². The molecule has 0 bridgehead atoms. The number of benzene rings is 1. The number of halogens is 1. The highest BCUT2D eigenvalue weighted by Gasteiger charge is 2.10. The van der Waals surface area contributed by atoms with Crippen molar-refractivity contribution in [1.29, 1.82) is 5.26 Å². The van der Waals surface area contributed by atoms with Crippen molar-refractivity contribution in [3.05, 3.63) is 53.1 Å². The number of aliphatic hydroxyl groups is 1. The van der Waals surface area contributed by atoms with E-state index >= 15 is 0 Å². The van der Waals surface area contributed by atoms with Crippen LogP contribution in [0, 0.1) is 11.3 Å². The predicted molar refractivity (Wildman–Crippen MR) is 83.7 cm³/mol. The van der Waals surface area contributed by atoms with Gasteiger partial charge < -0.3 is 5.11 Å². The number of aliphatic hydroxyl groups excluding tert-OH is 1. The van der Waals surface area contributed by atoms with Crippen molar-refractivity contribution in [2.45, 2.75) is 19.4 Å². The van der Waals surface area contributed by atoms with E-state index in [1.807, 2.05) is 12.1 Å². The van der Waals surface area contributed by atoms with Gasteiger partial charge in [0.15, 0.2) is 0 Å². The molecule has 3 rings (SSSR count). The van der Waals surface area contributed by atoms with Crippen molar-refractivity contribution in [1.82, 2.24) is 14.5 Å². The first-order valence-electron chi connectivity index (χ1n) is 6.81. The number of aryl methyl sites for hydroxylation is 1. The molecule has 0 unspecified atom stereocenters. The number of nitriles is 1. The van der Waals surface area contributed by atoms with Gasteiger partial charge in [0.25, 0.3) is 0 Å². The summed E-state index contributed by atoms with van der Waals surface area (Å²) in [5, 5.41) is 19.8. The Bertz CT molecular complexity index is 853. The summed E-state index contributed by atoms with van der Waals surface area (Å²) in [5.74, 6) is 0.676. The summed E-state index contributed by atoms with van der Waals surface area (Å²) in [5.41, 5.74) is 2.37. The Hall–Kier alpha value is -2.42. The van der Waals surface area contributed by atoms with Gasteiger partial charge in [-0.3, -0.25) is 4.57 Å². The Morgan fingerprint density at radius 2 is 2.14 bits per heavy atom. The number of pyridine rings is 1. The minimum atomic E-state index is -0.0972. The van der Waals surface area contributed by atoms with Crippen LogP contribution in [0.1, 0.15) is 17.5 Å².